The third-order valence-corrected chi connectivity index (χ3v) is 4.35. The molecule has 1 atom stereocenters. The molecule has 2 aromatic rings. The molecule has 0 aliphatic carbocycles. The van der Waals surface area contributed by atoms with Gasteiger partial charge in [0.05, 0.1) is 5.92 Å². The number of aliphatic carboxylic acids is 1. The molecular weight excluding hydrogens is 349 g/mol. The Labute approximate surface area is 157 Å². The number of aryl methyl sites for hydroxylation is 2. The normalized spacial score (nSPS) is 11.7. The van der Waals surface area contributed by atoms with Gasteiger partial charge in [-0.1, -0.05) is 29.8 Å². The Bertz CT molecular complexity index is 846. The van der Waals surface area contributed by atoms with Crippen LogP contribution in [0.5, 0.6) is 0 Å². The van der Waals surface area contributed by atoms with E-state index in [1.54, 1.807) is 6.07 Å². The second-order valence-corrected chi connectivity index (χ2v) is 6.49. The number of benzene rings is 2. The lowest BCUT2D eigenvalue weighted by molar-refractivity contribution is -0.138. The van der Waals surface area contributed by atoms with Crippen LogP contribution in [0, 0.1) is 19.7 Å². The SMILES string of the molecule is Cc1ccc(C)c(C(=O)CCC(=O)NCC(C(=O)O)c2ccc(F)cc2)c1. The Morgan fingerprint density at radius 2 is 1.70 bits per heavy atom. The van der Waals surface area contributed by atoms with Crippen molar-refractivity contribution in [3.05, 3.63) is 70.5 Å². The Balaban J connectivity index is 1.90. The van der Waals surface area contributed by atoms with Crippen molar-refractivity contribution in [3.63, 3.8) is 0 Å². The molecule has 5 nitrogen and oxygen atoms in total. The summed E-state index contributed by atoms with van der Waals surface area (Å²) < 4.78 is 13.0. The maximum absolute atomic E-state index is 13.0. The van der Waals surface area contributed by atoms with Gasteiger partial charge < -0.3 is 10.4 Å². The van der Waals surface area contributed by atoms with Gasteiger partial charge in [0, 0.05) is 24.9 Å². The maximum Gasteiger partial charge on any atom is 0.312 e. The van der Waals surface area contributed by atoms with Gasteiger partial charge in [0.1, 0.15) is 5.82 Å². The lowest BCUT2D eigenvalue weighted by atomic mass is 9.98. The van der Waals surface area contributed by atoms with Crippen molar-refractivity contribution >= 4 is 17.7 Å². The molecule has 27 heavy (non-hydrogen) atoms. The van der Waals surface area contributed by atoms with E-state index >= 15 is 0 Å². The molecule has 1 amide bonds. The lowest BCUT2D eigenvalue weighted by Crippen LogP contribution is -2.31. The molecule has 6 heteroatoms. The first-order valence-electron chi connectivity index (χ1n) is 8.63. The van der Waals surface area contributed by atoms with E-state index in [-0.39, 0.29) is 25.2 Å². The summed E-state index contributed by atoms with van der Waals surface area (Å²) in [6.45, 7) is 3.61. The van der Waals surface area contributed by atoms with Gasteiger partial charge in [0.25, 0.3) is 0 Å². The van der Waals surface area contributed by atoms with Gasteiger partial charge in [-0.3, -0.25) is 14.4 Å². The van der Waals surface area contributed by atoms with E-state index in [1.807, 2.05) is 26.0 Å². The fourth-order valence-corrected chi connectivity index (χ4v) is 2.75. The lowest BCUT2D eigenvalue weighted by Gasteiger charge is -2.14. The van der Waals surface area contributed by atoms with Crippen LogP contribution in [-0.4, -0.2) is 29.3 Å². The number of hydrogen-bond donors (Lipinski definition) is 2. The van der Waals surface area contributed by atoms with Crippen LogP contribution in [0.2, 0.25) is 0 Å². The number of carboxylic acids is 1. The quantitative estimate of drug-likeness (QED) is 0.697. The van der Waals surface area contributed by atoms with Gasteiger partial charge in [-0.05, 0) is 43.2 Å². The van der Waals surface area contributed by atoms with Crippen molar-refractivity contribution in [1.82, 2.24) is 5.32 Å². The van der Waals surface area contributed by atoms with Crippen LogP contribution in [-0.2, 0) is 9.59 Å². The number of nitrogens with one attached hydrogen (secondary N) is 1. The molecule has 0 saturated carbocycles. The number of carbonyl (C=O) groups is 3. The monoisotopic (exact) mass is 371 g/mol. The summed E-state index contributed by atoms with van der Waals surface area (Å²) in [7, 11) is 0. The molecule has 0 bridgehead atoms. The molecular formula is C21H22FNO4. The largest absolute Gasteiger partial charge is 0.481 e. The number of hydrogen-bond acceptors (Lipinski definition) is 3. The van der Waals surface area contributed by atoms with E-state index in [4.69, 9.17) is 0 Å². The molecule has 0 spiro atoms. The van der Waals surface area contributed by atoms with Gasteiger partial charge in [-0.25, -0.2) is 4.39 Å². The second kappa shape index (κ2) is 9.07. The highest BCUT2D eigenvalue weighted by Gasteiger charge is 2.21. The predicted molar refractivity (Wildman–Crippen MR) is 99.3 cm³/mol. The molecule has 2 rings (SSSR count). The molecule has 0 saturated heterocycles. The van der Waals surface area contributed by atoms with Crippen molar-refractivity contribution in [2.75, 3.05) is 6.54 Å². The third-order valence-electron chi connectivity index (χ3n) is 4.35. The number of amides is 1. The van der Waals surface area contributed by atoms with Gasteiger partial charge in [-0.2, -0.15) is 0 Å². The number of halogens is 1. The highest BCUT2D eigenvalue weighted by Crippen LogP contribution is 2.17. The molecule has 0 heterocycles. The van der Waals surface area contributed by atoms with Crippen LogP contribution in [0.15, 0.2) is 42.5 Å². The smallest absolute Gasteiger partial charge is 0.312 e. The first-order chi connectivity index (χ1) is 12.8. The summed E-state index contributed by atoms with van der Waals surface area (Å²) >= 11 is 0. The van der Waals surface area contributed by atoms with Crippen LogP contribution < -0.4 is 5.32 Å². The average molecular weight is 371 g/mol. The number of Topliss-reactive ketones (excluding diaryl/α,β-unsaturated/α-hetero) is 1. The Morgan fingerprint density at radius 1 is 1.04 bits per heavy atom. The van der Waals surface area contributed by atoms with Gasteiger partial charge in [-0.15, -0.1) is 0 Å². The van der Waals surface area contributed by atoms with Crippen molar-refractivity contribution in [3.8, 4) is 0 Å². The van der Waals surface area contributed by atoms with Crippen LogP contribution in [0.3, 0.4) is 0 Å². The van der Waals surface area contributed by atoms with Crippen molar-refractivity contribution in [2.24, 2.45) is 0 Å². The topological polar surface area (TPSA) is 83.5 Å². The minimum Gasteiger partial charge on any atom is -0.481 e. The fourth-order valence-electron chi connectivity index (χ4n) is 2.75. The van der Waals surface area contributed by atoms with Crippen LogP contribution in [0.25, 0.3) is 0 Å². The van der Waals surface area contributed by atoms with E-state index < -0.39 is 23.6 Å². The van der Waals surface area contributed by atoms with Crippen LogP contribution >= 0.6 is 0 Å². The zero-order valence-corrected chi connectivity index (χ0v) is 15.3. The molecule has 0 aromatic heterocycles. The van der Waals surface area contributed by atoms with E-state index in [0.29, 0.717) is 11.1 Å². The minimum absolute atomic E-state index is 0.0258. The Hall–Kier alpha value is -3.02. The van der Waals surface area contributed by atoms with Crippen LogP contribution in [0.4, 0.5) is 4.39 Å². The van der Waals surface area contributed by atoms with E-state index in [2.05, 4.69) is 5.32 Å². The highest BCUT2D eigenvalue weighted by atomic mass is 19.1. The van der Waals surface area contributed by atoms with Crippen molar-refractivity contribution < 1.29 is 23.9 Å². The summed E-state index contributed by atoms with van der Waals surface area (Å²) in [4.78, 5) is 35.8. The fraction of sp³-hybridized carbons (Fsp3) is 0.286. The predicted octanol–water partition coefficient (Wildman–Crippen LogP) is 3.39. The third kappa shape index (κ3) is 5.74. The summed E-state index contributed by atoms with van der Waals surface area (Å²) in [6, 6.07) is 10.7. The molecule has 0 radical (unpaired) electrons. The standard InChI is InChI=1S/C21H22FNO4/c1-13-3-4-14(2)17(11-13)19(24)9-10-20(25)23-12-18(21(26)27)15-5-7-16(22)8-6-15/h3-8,11,18H,9-10,12H2,1-2H3,(H,23,25)(H,26,27). The van der Waals surface area contributed by atoms with Crippen molar-refractivity contribution in [2.45, 2.75) is 32.6 Å². The summed E-state index contributed by atoms with van der Waals surface area (Å²) in [5.41, 5.74) is 2.82. The van der Waals surface area contributed by atoms with E-state index in [9.17, 15) is 23.9 Å². The number of carbonyl (C=O) groups excluding carboxylic acids is 2. The molecule has 0 fully saturated rings. The van der Waals surface area contributed by atoms with Gasteiger partial charge in [0.15, 0.2) is 5.78 Å². The Kier molecular flexibility index (Phi) is 6.82. The minimum atomic E-state index is -1.12. The zero-order chi connectivity index (χ0) is 20.0. The highest BCUT2D eigenvalue weighted by molar-refractivity contribution is 5.99. The first-order valence-corrected chi connectivity index (χ1v) is 8.63. The number of ketones is 1. The molecule has 0 aliphatic rings. The number of rotatable bonds is 8. The van der Waals surface area contributed by atoms with Crippen LogP contribution in [0.1, 0.15) is 45.8 Å². The number of carboxylic acid groups (broad SMARTS) is 1. The molecule has 1 unspecified atom stereocenters. The Morgan fingerprint density at radius 3 is 2.33 bits per heavy atom. The van der Waals surface area contributed by atoms with E-state index in [0.717, 1.165) is 11.1 Å². The summed E-state index contributed by atoms with van der Waals surface area (Å²) in [5.74, 6) is -3.09. The molecule has 2 aromatic carbocycles. The second-order valence-electron chi connectivity index (χ2n) is 6.49. The molecule has 0 aliphatic heterocycles. The zero-order valence-electron chi connectivity index (χ0n) is 15.3. The van der Waals surface area contributed by atoms with Gasteiger partial charge in [0.2, 0.25) is 5.91 Å². The van der Waals surface area contributed by atoms with Gasteiger partial charge >= 0.3 is 5.97 Å². The molecule has 142 valence electrons. The van der Waals surface area contributed by atoms with Crippen molar-refractivity contribution in [1.29, 1.82) is 0 Å². The van der Waals surface area contributed by atoms with E-state index in [1.165, 1.54) is 24.3 Å². The average Bonchev–Trinajstić information content (AvgIpc) is 2.63. The first kappa shape index (κ1) is 20.3. The summed E-state index contributed by atoms with van der Waals surface area (Å²) in [6.07, 6.45) is 0.0202. The summed E-state index contributed by atoms with van der Waals surface area (Å²) in [5, 5.41) is 11.9. The maximum atomic E-state index is 13.0. The molecule has 2 N–H and O–H groups in total.